The van der Waals surface area contributed by atoms with Crippen LogP contribution in [0.3, 0.4) is 0 Å². The molecule has 0 saturated heterocycles. The van der Waals surface area contributed by atoms with Crippen molar-refractivity contribution >= 4 is 38.7 Å². The number of rotatable bonds is 7. The number of nitrogens with two attached hydrogens (primary N) is 1. The molecule has 0 atom stereocenters. The van der Waals surface area contributed by atoms with Crippen molar-refractivity contribution in [3.63, 3.8) is 0 Å². The summed E-state index contributed by atoms with van der Waals surface area (Å²) in [6, 6.07) is 4.67. The van der Waals surface area contributed by atoms with Crippen molar-refractivity contribution < 1.29 is 17.9 Å². The molecule has 0 unspecified atom stereocenters. The minimum atomic E-state index is -3.29. The molecule has 0 heterocycles. The topological polar surface area (TPSA) is 98.5 Å². The van der Waals surface area contributed by atoms with Crippen LogP contribution in [-0.2, 0) is 19.4 Å². The molecule has 1 rings (SSSR count). The molecule has 0 bridgehead atoms. The molecule has 1 aromatic carbocycles. The summed E-state index contributed by atoms with van der Waals surface area (Å²) < 4.78 is 27.8. The van der Waals surface area contributed by atoms with Gasteiger partial charge >= 0.3 is 0 Å². The first-order chi connectivity index (χ1) is 9.34. The molecule has 1 amide bonds. The first-order valence-electron chi connectivity index (χ1n) is 5.88. The van der Waals surface area contributed by atoms with Gasteiger partial charge in [0.1, 0.15) is 0 Å². The van der Waals surface area contributed by atoms with E-state index in [0.717, 1.165) is 0 Å². The summed E-state index contributed by atoms with van der Waals surface area (Å²) in [5, 5.41) is 2.97. The fraction of sp³-hybridized carbons (Fsp3) is 0.417. The third-order valence-corrected chi connectivity index (χ3v) is 4.38. The van der Waals surface area contributed by atoms with Gasteiger partial charge in [-0.05, 0) is 18.2 Å². The fourth-order valence-corrected chi connectivity index (χ4v) is 2.70. The summed E-state index contributed by atoms with van der Waals surface area (Å²) in [5.41, 5.74) is 6.42. The van der Waals surface area contributed by atoms with Crippen LogP contribution in [0.15, 0.2) is 18.2 Å². The van der Waals surface area contributed by atoms with Gasteiger partial charge in [-0.25, -0.2) is 8.42 Å². The van der Waals surface area contributed by atoms with Gasteiger partial charge in [0.2, 0.25) is 5.91 Å². The molecule has 20 heavy (non-hydrogen) atoms. The summed E-state index contributed by atoms with van der Waals surface area (Å²) in [4.78, 5) is 11.7. The van der Waals surface area contributed by atoms with Crippen LogP contribution in [0.4, 0.5) is 11.4 Å². The normalized spacial score (nSPS) is 11.3. The maximum Gasteiger partial charge on any atom is 0.225 e. The minimum absolute atomic E-state index is 0.101. The second kappa shape index (κ2) is 7.47. The van der Waals surface area contributed by atoms with Gasteiger partial charge in [-0.15, -0.1) is 0 Å². The van der Waals surface area contributed by atoms with E-state index in [1.807, 2.05) is 0 Å². The number of carbonyl (C=O) groups excluding carboxylic acids is 1. The fourth-order valence-electron chi connectivity index (χ4n) is 1.41. The lowest BCUT2D eigenvalue weighted by molar-refractivity contribution is -0.115. The van der Waals surface area contributed by atoms with Crippen molar-refractivity contribution in [2.75, 3.05) is 36.3 Å². The highest BCUT2D eigenvalue weighted by Crippen LogP contribution is 2.22. The molecular weight excluding hydrogens is 304 g/mol. The predicted molar refractivity (Wildman–Crippen MR) is 79.6 cm³/mol. The van der Waals surface area contributed by atoms with Crippen LogP contribution >= 0.6 is 11.6 Å². The van der Waals surface area contributed by atoms with E-state index in [-0.39, 0.29) is 24.5 Å². The number of nitrogen functional groups attached to an aromatic ring is 1. The summed E-state index contributed by atoms with van der Waals surface area (Å²) in [7, 11) is -1.87. The van der Waals surface area contributed by atoms with Crippen molar-refractivity contribution in [3.8, 4) is 0 Å². The van der Waals surface area contributed by atoms with E-state index in [4.69, 9.17) is 22.1 Å². The van der Waals surface area contributed by atoms with E-state index in [1.165, 1.54) is 13.2 Å². The van der Waals surface area contributed by atoms with Crippen LogP contribution in [0.1, 0.15) is 6.42 Å². The number of ether oxygens (including phenoxy) is 1. The van der Waals surface area contributed by atoms with Crippen molar-refractivity contribution in [2.45, 2.75) is 6.42 Å². The molecule has 0 aliphatic carbocycles. The van der Waals surface area contributed by atoms with Gasteiger partial charge in [-0.1, -0.05) is 11.6 Å². The number of amides is 1. The van der Waals surface area contributed by atoms with E-state index in [0.29, 0.717) is 16.4 Å². The van der Waals surface area contributed by atoms with E-state index in [1.54, 1.807) is 12.1 Å². The molecule has 1 aromatic rings. The quantitative estimate of drug-likeness (QED) is 0.738. The van der Waals surface area contributed by atoms with Crippen LogP contribution in [0, 0.1) is 0 Å². The first kappa shape index (κ1) is 16.7. The van der Waals surface area contributed by atoms with Gasteiger partial charge in [0.05, 0.1) is 29.5 Å². The Morgan fingerprint density at radius 3 is 2.75 bits per heavy atom. The molecule has 0 fully saturated rings. The summed E-state index contributed by atoms with van der Waals surface area (Å²) >= 11 is 5.79. The highest BCUT2D eigenvalue weighted by Gasteiger charge is 2.14. The first-order valence-corrected chi connectivity index (χ1v) is 8.08. The molecule has 0 aromatic heterocycles. The maximum absolute atomic E-state index is 11.7. The number of sulfone groups is 1. The molecule has 3 N–H and O–H groups in total. The Kier molecular flexibility index (Phi) is 6.25. The minimum Gasteiger partial charge on any atom is -0.397 e. The molecule has 8 heteroatoms. The third-order valence-electron chi connectivity index (χ3n) is 2.53. The highest BCUT2D eigenvalue weighted by molar-refractivity contribution is 7.91. The van der Waals surface area contributed by atoms with Gasteiger partial charge in [-0.3, -0.25) is 4.79 Å². The summed E-state index contributed by atoms with van der Waals surface area (Å²) in [6.45, 7) is 0.116. The van der Waals surface area contributed by atoms with E-state index in [2.05, 4.69) is 5.32 Å². The lowest BCUT2D eigenvalue weighted by atomic mass is 10.2. The molecule has 0 saturated carbocycles. The molecule has 0 aliphatic heterocycles. The summed E-state index contributed by atoms with van der Waals surface area (Å²) in [5.74, 6) is -0.765. The van der Waals surface area contributed by atoms with Crippen LogP contribution < -0.4 is 11.1 Å². The average molecular weight is 321 g/mol. The van der Waals surface area contributed by atoms with E-state index in [9.17, 15) is 13.2 Å². The van der Waals surface area contributed by atoms with Gasteiger partial charge in [0, 0.05) is 18.6 Å². The summed E-state index contributed by atoms with van der Waals surface area (Å²) in [6.07, 6.45) is -0.141. The number of nitrogens with one attached hydrogen (secondary N) is 1. The lowest BCUT2D eigenvalue weighted by Gasteiger charge is -2.09. The zero-order chi connectivity index (χ0) is 15.2. The predicted octanol–water partition coefficient (Wildman–Crippen LogP) is 1.31. The second-order valence-corrected chi connectivity index (χ2v) is 6.91. The number of hydrogen-bond acceptors (Lipinski definition) is 5. The van der Waals surface area contributed by atoms with E-state index >= 15 is 0 Å². The Morgan fingerprint density at radius 1 is 1.40 bits per heavy atom. The zero-order valence-corrected chi connectivity index (χ0v) is 12.6. The van der Waals surface area contributed by atoms with Crippen LogP contribution in [-0.4, -0.2) is 39.5 Å². The van der Waals surface area contributed by atoms with Crippen LogP contribution in [0.2, 0.25) is 5.02 Å². The Labute approximate surface area is 123 Å². The molecule has 112 valence electrons. The Balaban J connectivity index is 2.54. The molecule has 0 aliphatic rings. The SMILES string of the molecule is COCCS(=O)(=O)CCC(=O)Nc1cc(Cl)ccc1N. The Hall–Kier alpha value is -1.31. The van der Waals surface area contributed by atoms with Gasteiger partial charge in [0.15, 0.2) is 9.84 Å². The van der Waals surface area contributed by atoms with Gasteiger partial charge < -0.3 is 15.8 Å². The molecular formula is C12H17ClN2O4S. The largest absolute Gasteiger partial charge is 0.397 e. The average Bonchev–Trinajstić information content (AvgIpc) is 2.39. The van der Waals surface area contributed by atoms with Gasteiger partial charge in [-0.2, -0.15) is 0 Å². The third kappa shape index (κ3) is 5.77. The van der Waals surface area contributed by atoms with Gasteiger partial charge in [0.25, 0.3) is 0 Å². The molecule has 6 nitrogen and oxygen atoms in total. The lowest BCUT2D eigenvalue weighted by Crippen LogP contribution is -2.21. The Bertz CT molecular complexity index is 575. The number of benzene rings is 1. The Morgan fingerprint density at radius 2 is 2.10 bits per heavy atom. The van der Waals surface area contributed by atoms with Crippen molar-refractivity contribution in [2.24, 2.45) is 0 Å². The number of hydrogen-bond donors (Lipinski definition) is 2. The van der Waals surface area contributed by atoms with Crippen LogP contribution in [0.25, 0.3) is 0 Å². The standard InChI is InChI=1S/C12H17ClN2O4S/c1-19-5-7-20(17,18)6-4-12(16)15-11-8-9(13)2-3-10(11)14/h2-3,8H,4-7,14H2,1H3,(H,15,16). The monoisotopic (exact) mass is 320 g/mol. The maximum atomic E-state index is 11.7. The number of halogens is 1. The molecule has 0 spiro atoms. The number of methoxy groups -OCH3 is 1. The zero-order valence-electron chi connectivity index (χ0n) is 11.1. The van der Waals surface area contributed by atoms with E-state index < -0.39 is 15.7 Å². The van der Waals surface area contributed by atoms with Crippen LogP contribution in [0.5, 0.6) is 0 Å². The smallest absolute Gasteiger partial charge is 0.225 e. The number of carbonyl (C=O) groups is 1. The number of anilines is 2. The van der Waals surface area contributed by atoms with Crippen molar-refractivity contribution in [1.82, 2.24) is 0 Å². The second-order valence-electron chi connectivity index (χ2n) is 4.17. The van der Waals surface area contributed by atoms with Crippen molar-refractivity contribution in [1.29, 1.82) is 0 Å². The highest BCUT2D eigenvalue weighted by atomic mass is 35.5. The van der Waals surface area contributed by atoms with Crippen molar-refractivity contribution in [3.05, 3.63) is 23.2 Å². The molecule has 0 radical (unpaired) electrons.